The molecule has 0 bridgehead atoms. The Morgan fingerprint density at radius 1 is 1.31 bits per heavy atom. The molecule has 0 saturated heterocycles. The zero-order valence-corrected chi connectivity index (χ0v) is 18.9. The molecule has 1 aliphatic rings. The number of pyridine rings is 2. The highest BCUT2D eigenvalue weighted by atomic mass is 19.1. The van der Waals surface area contributed by atoms with Crippen LogP contribution < -0.4 is 26.4 Å². The van der Waals surface area contributed by atoms with Gasteiger partial charge in [-0.25, -0.2) is 23.8 Å². The van der Waals surface area contributed by atoms with Crippen LogP contribution in [0.4, 0.5) is 26.5 Å². The Hall–Kier alpha value is -4.49. The van der Waals surface area contributed by atoms with Crippen LogP contribution in [-0.4, -0.2) is 61.3 Å². The third-order valence-electron chi connectivity index (χ3n) is 5.52. The van der Waals surface area contributed by atoms with Crippen molar-refractivity contribution < 1.29 is 23.8 Å². The minimum atomic E-state index is -1.18. The number of anilines is 3. The van der Waals surface area contributed by atoms with Crippen molar-refractivity contribution in [3.63, 3.8) is 0 Å². The first-order valence-electron chi connectivity index (χ1n) is 10.7. The fourth-order valence-corrected chi connectivity index (χ4v) is 3.73. The van der Waals surface area contributed by atoms with Gasteiger partial charge in [-0.2, -0.15) is 0 Å². The molecule has 0 aliphatic heterocycles. The van der Waals surface area contributed by atoms with Crippen LogP contribution >= 0.6 is 0 Å². The second-order valence-electron chi connectivity index (χ2n) is 8.05. The number of carboxylic acid groups (broad SMARTS) is 1. The summed E-state index contributed by atoms with van der Waals surface area (Å²) in [5.41, 5.74) is 6.14. The molecule has 3 aromatic heterocycles. The maximum absolute atomic E-state index is 14.9. The van der Waals surface area contributed by atoms with Crippen molar-refractivity contribution in [2.24, 2.45) is 11.7 Å². The Morgan fingerprint density at radius 2 is 2.09 bits per heavy atom. The Kier molecular flexibility index (Phi) is 6.62. The van der Waals surface area contributed by atoms with Crippen LogP contribution in [0.3, 0.4) is 0 Å². The second-order valence-corrected chi connectivity index (χ2v) is 8.05. The van der Waals surface area contributed by atoms with E-state index in [-0.39, 0.29) is 29.0 Å². The summed E-state index contributed by atoms with van der Waals surface area (Å²) in [6.07, 6.45) is 5.09. The number of halogens is 1. The highest BCUT2D eigenvalue weighted by molar-refractivity contribution is 5.98. The first-order valence-corrected chi connectivity index (χ1v) is 10.7. The number of nitrogens with zero attached hydrogens (tertiary/aromatic N) is 5. The molecular formula is C21H24FN9O4. The van der Waals surface area contributed by atoms with Gasteiger partial charge in [-0.15, -0.1) is 5.10 Å². The lowest BCUT2D eigenvalue weighted by atomic mass is 10.0. The average molecular weight is 485 g/mol. The third-order valence-corrected chi connectivity index (χ3v) is 5.52. The van der Waals surface area contributed by atoms with Crippen molar-refractivity contribution in [3.8, 4) is 11.6 Å². The molecule has 35 heavy (non-hydrogen) atoms. The number of nitrogens with two attached hydrogens (primary N) is 1. The normalized spacial score (nSPS) is 14.6. The van der Waals surface area contributed by atoms with E-state index in [4.69, 9.17) is 15.6 Å². The van der Waals surface area contributed by atoms with Gasteiger partial charge in [0.2, 0.25) is 5.88 Å². The number of primary amides is 1. The van der Waals surface area contributed by atoms with Crippen molar-refractivity contribution in [1.29, 1.82) is 0 Å². The predicted octanol–water partition coefficient (Wildman–Crippen LogP) is 1.89. The predicted molar refractivity (Wildman–Crippen MR) is 122 cm³/mol. The van der Waals surface area contributed by atoms with Gasteiger partial charge in [-0.05, 0) is 37.8 Å². The third kappa shape index (κ3) is 5.37. The lowest BCUT2D eigenvalue weighted by molar-refractivity contribution is 0.1000. The standard InChI is InChI=1S/C21H24FN9O4/c1-10(26-21(33)34)16(11-3-4-11)28-19-14(22)8-13(17(23)32)18(29-19)27-12-7-15(20(35-2)24-9-12)31-6-5-25-30-31/h5-11,16,26H,3-4H2,1-2H3,(H2,23,32)(H,33,34)(H2,27,28,29)/t10-,16+/m0/s1. The number of hydrogen-bond donors (Lipinski definition) is 5. The van der Waals surface area contributed by atoms with Crippen LogP contribution in [0.15, 0.2) is 30.7 Å². The summed E-state index contributed by atoms with van der Waals surface area (Å²) in [6, 6.07) is 1.70. The Morgan fingerprint density at radius 3 is 2.69 bits per heavy atom. The zero-order chi connectivity index (χ0) is 25.1. The lowest BCUT2D eigenvalue weighted by Crippen LogP contribution is -2.45. The summed E-state index contributed by atoms with van der Waals surface area (Å²) < 4.78 is 21.6. The van der Waals surface area contributed by atoms with Crippen LogP contribution in [-0.2, 0) is 0 Å². The number of amides is 2. The van der Waals surface area contributed by atoms with Crippen molar-refractivity contribution in [3.05, 3.63) is 42.1 Å². The van der Waals surface area contributed by atoms with Crippen LogP contribution in [0, 0.1) is 11.7 Å². The number of aromatic nitrogens is 5. The molecule has 0 radical (unpaired) electrons. The van der Waals surface area contributed by atoms with Crippen molar-refractivity contribution in [2.75, 3.05) is 17.7 Å². The number of hydrogen-bond acceptors (Lipinski definition) is 9. The lowest BCUT2D eigenvalue weighted by Gasteiger charge is -2.26. The smallest absolute Gasteiger partial charge is 0.404 e. The molecule has 184 valence electrons. The van der Waals surface area contributed by atoms with E-state index in [0.29, 0.717) is 11.4 Å². The summed E-state index contributed by atoms with van der Waals surface area (Å²) >= 11 is 0. The molecule has 13 nitrogen and oxygen atoms in total. The molecule has 1 saturated carbocycles. The van der Waals surface area contributed by atoms with Crippen molar-refractivity contribution in [1.82, 2.24) is 30.3 Å². The zero-order valence-electron chi connectivity index (χ0n) is 18.9. The Balaban J connectivity index is 1.67. The summed E-state index contributed by atoms with van der Waals surface area (Å²) in [7, 11) is 1.46. The molecule has 14 heteroatoms. The number of carbonyl (C=O) groups excluding carboxylic acids is 1. The summed E-state index contributed by atoms with van der Waals surface area (Å²) in [5, 5.41) is 25.1. The molecule has 0 spiro atoms. The van der Waals surface area contributed by atoms with Gasteiger partial charge < -0.3 is 31.5 Å². The van der Waals surface area contributed by atoms with E-state index in [2.05, 4.69) is 36.2 Å². The van der Waals surface area contributed by atoms with Gasteiger partial charge in [0.15, 0.2) is 11.6 Å². The molecule has 2 amide bonds. The van der Waals surface area contributed by atoms with Gasteiger partial charge >= 0.3 is 6.09 Å². The van der Waals surface area contributed by atoms with Crippen LogP contribution in [0.1, 0.15) is 30.1 Å². The van der Waals surface area contributed by atoms with E-state index in [9.17, 15) is 14.0 Å². The first kappa shape index (κ1) is 23.7. The topological polar surface area (TPSA) is 182 Å². The van der Waals surface area contributed by atoms with E-state index in [1.54, 1.807) is 19.2 Å². The molecule has 3 aromatic rings. The van der Waals surface area contributed by atoms with Crippen LogP contribution in [0.25, 0.3) is 5.69 Å². The van der Waals surface area contributed by atoms with Gasteiger partial charge in [0.1, 0.15) is 11.5 Å². The summed E-state index contributed by atoms with van der Waals surface area (Å²) in [4.78, 5) is 31.6. The first-order chi connectivity index (χ1) is 16.8. The molecular weight excluding hydrogens is 461 g/mol. The number of carbonyl (C=O) groups is 2. The van der Waals surface area contributed by atoms with E-state index in [0.717, 1.165) is 18.9 Å². The number of methoxy groups -OCH3 is 1. The molecule has 2 atom stereocenters. The molecule has 0 aromatic carbocycles. The monoisotopic (exact) mass is 485 g/mol. The van der Waals surface area contributed by atoms with E-state index < -0.39 is 29.9 Å². The number of ether oxygens (including phenoxy) is 1. The van der Waals surface area contributed by atoms with Crippen LogP contribution in [0.5, 0.6) is 5.88 Å². The van der Waals surface area contributed by atoms with Crippen LogP contribution in [0.2, 0.25) is 0 Å². The SMILES string of the molecule is COc1ncc(Nc2nc(N[C@@H](C3CC3)[C@H](C)NC(=O)O)c(F)cc2C(N)=O)cc1-n1ccnn1. The van der Waals surface area contributed by atoms with Gasteiger partial charge in [0, 0.05) is 6.04 Å². The highest BCUT2D eigenvalue weighted by Crippen LogP contribution is 2.36. The molecule has 3 heterocycles. The van der Waals surface area contributed by atoms with Crippen molar-refractivity contribution >= 4 is 29.3 Å². The minimum Gasteiger partial charge on any atom is -0.479 e. The van der Waals surface area contributed by atoms with Crippen molar-refractivity contribution in [2.45, 2.75) is 31.8 Å². The number of rotatable bonds is 10. The molecule has 1 aliphatic carbocycles. The van der Waals surface area contributed by atoms with Gasteiger partial charge in [-0.1, -0.05) is 5.21 Å². The fraction of sp³-hybridized carbons (Fsp3) is 0.333. The Labute approximate surface area is 198 Å². The molecule has 4 rings (SSSR count). The summed E-state index contributed by atoms with van der Waals surface area (Å²) in [5.74, 6) is -1.41. The molecule has 6 N–H and O–H groups in total. The largest absolute Gasteiger partial charge is 0.479 e. The molecule has 1 fully saturated rings. The van der Waals surface area contributed by atoms with E-state index in [1.165, 1.54) is 24.2 Å². The molecule has 0 unspecified atom stereocenters. The summed E-state index contributed by atoms with van der Waals surface area (Å²) in [6.45, 7) is 1.69. The number of nitrogens with one attached hydrogen (secondary N) is 3. The van der Waals surface area contributed by atoms with E-state index >= 15 is 0 Å². The Bertz CT molecular complexity index is 1230. The highest BCUT2D eigenvalue weighted by Gasteiger charge is 2.36. The van der Waals surface area contributed by atoms with Gasteiger partial charge in [0.25, 0.3) is 5.91 Å². The van der Waals surface area contributed by atoms with E-state index in [1.807, 2.05) is 0 Å². The average Bonchev–Trinajstić information content (AvgIpc) is 3.50. The second kappa shape index (κ2) is 9.79. The maximum atomic E-state index is 14.9. The fourth-order valence-electron chi connectivity index (χ4n) is 3.73. The maximum Gasteiger partial charge on any atom is 0.404 e. The van der Waals surface area contributed by atoms with Gasteiger partial charge in [0.05, 0.1) is 43.0 Å². The quantitative estimate of drug-likeness (QED) is 0.284. The van der Waals surface area contributed by atoms with Gasteiger partial charge in [-0.3, -0.25) is 4.79 Å². The minimum absolute atomic E-state index is 0.00805.